The number of carbonyl (C=O) groups excluding carboxylic acids is 2. The van der Waals surface area contributed by atoms with E-state index in [4.69, 9.17) is 23.2 Å². The molecule has 3 N–H and O–H groups in total. The molecule has 0 fully saturated rings. The fraction of sp³-hybridized carbons (Fsp3) is 0.278. The van der Waals surface area contributed by atoms with Crippen LogP contribution in [0.4, 0.5) is 29.3 Å². The van der Waals surface area contributed by atoms with Gasteiger partial charge in [-0.1, -0.05) is 30.1 Å². The van der Waals surface area contributed by atoms with E-state index < -0.39 is 34.4 Å². The summed E-state index contributed by atoms with van der Waals surface area (Å²) in [6, 6.07) is 3.01. The Bertz CT molecular complexity index is 936. The van der Waals surface area contributed by atoms with Crippen molar-refractivity contribution < 1.29 is 22.8 Å². The van der Waals surface area contributed by atoms with Crippen molar-refractivity contribution in [2.24, 2.45) is 0 Å². The molecule has 2 aromatic rings. The molecule has 0 aliphatic carbocycles. The molecule has 0 saturated carbocycles. The Hall–Kier alpha value is -2.52. The van der Waals surface area contributed by atoms with Crippen molar-refractivity contribution in [3.05, 3.63) is 51.3 Å². The van der Waals surface area contributed by atoms with Gasteiger partial charge in [-0.2, -0.15) is 13.2 Å². The minimum Gasteiger partial charge on any atom is -0.383 e. The molecule has 29 heavy (non-hydrogen) atoms. The average molecular weight is 449 g/mol. The maximum Gasteiger partial charge on any atom is 0.417 e. The van der Waals surface area contributed by atoms with Gasteiger partial charge in [-0.3, -0.25) is 10.1 Å². The van der Waals surface area contributed by atoms with Crippen LogP contribution >= 0.6 is 23.2 Å². The number of pyridine rings is 1. The summed E-state index contributed by atoms with van der Waals surface area (Å²) in [5.41, 5.74) is 0.0414. The highest BCUT2D eigenvalue weighted by molar-refractivity contribution is 6.35. The van der Waals surface area contributed by atoms with Gasteiger partial charge in [0.15, 0.2) is 0 Å². The molecule has 0 aliphatic heterocycles. The molecular weight excluding hydrogens is 432 g/mol. The lowest BCUT2D eigenvalue weighted by molar-refractivity contribution is -0.137. The number of hydrogen-bond donors (Lipinski definition) is 3. The van der Waals surface area contributed by atoms with E-state index in [0.29, 0.717) is 24.5 Å². The molecule has 3 amide bonds. The fourth-order valence-electron chi connectivity index (χ4n) is 2.34. The van der Waals surface area contributed by atoms with E-state index in [0.717, 1.165) is 12.0 Å². The number of imide groups is 1. The third-order valence-electron chi connectivity index (χ3n) is 3.65. The summed E-state index contributed by atoms with van der Waals surface area (Å²) in [5.74, 6) is -1.06. The van der Waals surface area contributed by atoms with Crippen LogP contribution in [0.5, 0.6) is 0 Å². The van der Waals surface area contributed by atoms with Crippen LogP contribution in [0, 0.1) is 6.92 Å². The van der Waals surface area contributed by atoms with Gasteiger partial charge in [-0.15, -0.1) is 0 Å². The number of hydrogen-bond acceptors (Lipinski definition) is 4. The molecule has 6 nitrogen and oxygen atoms in total. The van der Waals surface area contributed by atoms with Crippen molar-refractivity contribution in [3.8, 4) is 0 Å². The zero-order valence-corrected chi connectivity index (χ0v) is 16.9. The zero-order chi connectivity index (χ0) is 21.8. The number of alkyl halides is 3. The molecule has 0 radical (unpaired) electrons. The van der Waals surface area contributed by atoms with Crippen LogP contribution in [0.15, 0.2) is 24.4 Å². The smallest absolute Gasteiger partial charge is 0.383 e. The van der Waals surface area contributed by atoms with Crippen molar-refractivity contribution >= 4 is 46.5 Å². The van der Waals surface area contributed by atoms with Crippen LogP contribution in [0.1, 0.15) is 35.0 Å². The molecule has 2 rings (SSSR count). The summed E-state index contributed by atoms with van der Waals surface area (Å²) in [5, 5.41) is 7.24. The molecule has 156 valence electrons. The third kappa shape index (κ3) is 5.98. The Kier molecular flexibility index (Phi) is 7.32. The molecule has 0 aliphatic rings. The molecule has 1 aromatic carbocycles. The maximum atomic E-state index is 12.7. The van der Waals surface area contributed by atoms with Crippen molar-refractivity contribution in [3.63, 3.8) is 0 Å². The Morgan fingerprint density at radius 2 is 1.83 bits per heavy atom. The highest BCUT2D eigenvalue weighted by Gasteiger charge is 2.32. The number of rotatable bonds is 5. The first-order chi connectivity index (χ1) is 13.5. The summed E-state index contributed by atoms with van der Waals surface area (Å²) >= 11 is 11.9. The van der Waals surface area contributed by atoms with E-state index in [1.54, 1.807) is 12.1 Å². The second kappa shape index (κ2) is 9.32. The number of halogens is 5. The highest BCUT2D eigenvalue weighted by atomic mass is 35.5. The molecule has 11 heteroatoms. The number of nitrogens with one attached hydrogen (secondary N) is 3. The van der Waals surface area contributed by atoms with E-state index in [-0.39, 0.29) is 10.7 Å². The normalized spacial score (nSPS) is 11.1. The van der Waals surface area contributed by atoms with E-state index in [2.05, 4.69) is 15.6 Å². The Balaban J connectivity index is 2.16. The van der Waals surface area contributed by atoms with Crippen LogP contribution in [0.2, 0.25) is 10.0 Å². The average Bonchev–Trinajstić information content (AvgIpc) is 2.61. The summed E-state index contributed by atoms with van der Waals surface area (Å²) in [4.78, 5) is 27.8. The number of carbonyl (C=O) groups is 2. The number of benzene rings is 1. The molecule has 0 bridgehead atoms. The minimum atomic E-state index is -4.66. The van der Waals surface area contributed by atoms with Crippen LogP contribution in [0.3, 0.4) is 0 Å². The Morgan fingerprint density at radius 3 is 2.41 bits per heavy atom. The van der Waals surface area contributed by atoms with E-state index in [1.165, 1.54) is 0 Å². The van der Waals surface area contributed by atoms with Crippen LogP contribution < -0.4 is 16.0 Å². The van der Waals surface area contributed by atoms with E-state index in [1.807, 2.05) is 19.2 Å². The third-order valence-corrected chi connectivity index (χ3v) is 4.24. The van der Waals surface area contributed by atoms with Crippen LogP contribution in [-0.2, 0) is 6.18 Å². The Labute approximate surface area is 174 Å². The predicted molar refractivity (Wildman–Crippen MR) is 106 cm³/mol. The standard InChI is InChI=1S/C18H17Cl2F3N4O2/c1-3-4-24-13-6-9(2)5-11(19)14(13)26-17(29)27-16(28)15-12(20)7-10(8-25-15)18(21,22)23/h5-8,24H,3-4H2,1-2H3,(H2,26,27,28,29). The van der Waals surface area contributed by atoms with Crippen LogP contribution in [0.25, 0.3) is 0 Å². The molecule has 1 heterocycles. The first-order valence-corrected chi connectivity index (χ1v) is 9.17. The van der Waals surface area contributed by atoms with Gasteiger partial charge in [-0.05, 0) is 37.1 Å². The summed E-state index contributed by atoms with van der Waals surface area (Å²) in [7, 11) is 0. The molecule has 1 aromatic heterocycles. The Morgan fingerprint density at radius 1 is 1.14 bits per heavy atom. The van der Waals surface area contributed by atoms with E-state index in [9.17, 15) is 22.8 Å². The van der Waals surface area contributed by atoms with Gasteiger partial charge in [-0.25, -0.2) is 9.78 Å². The first-order valence-electron chi connectivity index (χ1n) is 8.42. The van der Waals surface area contributed by atoms with Gasteiger partial charge < -0.3 is 10.6 Å². The lowest BCUT2D eigenvalue weighted by Gasteiger charge is -2.16. The molecule has 0 spiro atoms. The van der Waals surface area contributed by atoms with Crippen LogP contribution in [-0.4, -0.2) is 23.5 Å². The van der Waals surface area contributed by atoms with Crippen molar-refractivity contribution in [2.45, 2.75) is 26.4 Å². The van der Waals surface area contributed by atoms with Gasteiger partial charge in [0, 0.05) is 12.7 Å². The van der Waals surface area contributed by atoms with Gasteiger partial charge in [0.25, 0.3) is 5.91 Å². The molecule has 0 unspecified atom stereocenters. The zero-order valence-electron chi connectivity index (χ0n) is 15.4. The number of aromatic nitrogens is 1. The van der Waals surface area contributed by atoms with Crippen molar-refractivity contribution in [1.82, 2.24) is 10.3 Å². The second-order valence-electron chi connectivity index (χ2n) is 6.06. The second-order valence-corrected chi connectivity index (χ2v) is 6.87. The number of nitrogens with zero attached hydrogens (tertiary/aromatic N) is 1. The number of anilines is 2. The number of aryl methyl sites for hydroxylation is 1. The first kappa shape index (κ1) is 22.8. The lowest BCUT2D eigenvalue weighted by atomic mass is 10.2. The van der Waals surface area contributed by atoms with Gasteiger partial charge in [0.1, 0.15) is 5.69 Å². The predicted octanol–water partition coefficient (Wildman–Crippen LogP) is 5.50. The van der Waals surface area contributed by atoms with Gasteiger partial charge >= 0.3 is 12.2 Å². The SMILES string of the molecule is CCCNc1cc(C)cc(Cl)c1NC(=O)NC(=O)c1ncc(C(F)(F)F)cc1Cl. The number of amides is 3. The molecular formula is C18H17Cl2F3N4O2. The fourth-order valence-corrected chi connectivity index (χ4v) is 2.91. The summed E-state index contributed by atoms with van der Waals surface area (Å²) < 4.78 is 38.0. The highest BCUT2D eigenvalue weighted by Crippen LogP contribution is 2.33. The lowest BCUT2D eigenvalue weighted by Crippen LogP contribution is -2.35. The van der Waals surface area contributed by atoms with Crippen molar-refractivity contribution in [2.75, 3.05) is 17.2 Å². The monoisotopic (exact) mass is 448 g/mol. The van der Waals surface area contributed by atoms with Gasteiger partial charge in [0.2, 0.25) is 0 Å². The summed E-state index contributed by atoms with van der Waals surface area (Å²) in [6.07, 6.45) is -3.37. The van der Waals surface area contributed by atoms with Crippen molar-refractivity contribution in [1.29, 1.82) is 0 Å². The topological polar surface area (TPSA) is 83.1 Å². The largest absolute Gasteiger partial charge is 0.417 e. The van der Waals surface area contributed by atoms with E-state index >= 15 is 0 Å². The maximum absolute atomic E-state index is 12.7. The summed E-state index contributed by atoms with van der Waals surface area (Å²) in [6.45, 7) is 4.42. The minimum absolute atomic E-state index is 0.247. The molecule has 0 saturated heterocycles. The number of urea groups is 1. The quantitative estimate of drug-likeness (QED) is 0.563. The van der Waals surface area contributed by atoms with Gasteiger partial charge in [0.05, 0.1) is 27.0 Å². The molecule has 0 atom stereocenters.